The molecule has 0 saturated heterocycles. The Morgan fingerprint density at radius 3 is 2.57 bits per heavy atom. The zero-order valence-corrected chi connectivity index (χ0v) is 16.1. The van der Waals surface area contributed by atoms with Crippen LogP contribution in [-0.4, -0.2) is 16.7 Å². The molecule has 150 valence electrons. The summed E-state index contributed by atoms with van der Waals surface area (Å²) >= 11 is 0. The Bertz CT molecular complexity index is 1130. The third-order valence-electron chi connectivity index (χ3n) is 5.04. The van der Waals surface area contributed by atoms with Gasteiger partial charge in [0, 0.05) is 35.5 Å². The number of rotatable bonds is 5. The van der Waals surface area contributed by atoms with Crippen molar-refractivity contribution >= 4 is 28.9 Å². The molecule has 1 heterocycles. The van der Waals surface area contributed by atoms with Gasteiger partial charge in [-0.15, -0.1) is 0 Å². The Kier molecular flexibility index (Phi) is 5.26. The zero-order valence-electron chi connectivity index (χ0n) is 16.1. The first-order valence-corrected chi connectivity index (χ1v) is 9.54. The van der Waals surface area contributed by atoms with Crippen LogP contribution in [-0.2, 0) is 17.8 Å². The van der Waals surface area contributed by atoms with E-state index < -0.39 is 10.8 Å². The lowest BCUT2D eigenvalue weighted by molar-refractivity contribution is -0.384. The van der Waals surface area contributed by atoms with E-state index in [1.807, 2.05) is 42.5 Å². The Morgan fingerprint density at radius 1 is 1.00 bits per heavy atom. The van der Waals surface area contributed by atoms with E-state index in [2.05, 4.69) is 5.32 Å². The molecule has 0 spiro atoms. The van der Waals surface area contributed by atoms with Crippen molar-refractivity contribution in [3.63, 3.8) is 0 Å². The van der Waals surface area contributed by atoms with Gasteiger partial charge in [-0.2, -0.15) is 0 Å². The van der Waals surface area contributed by atoms with Crippen LogP contribution in [0.25, 0.3) is 0 Å². The molecule has 3 aromatic carbocycles. The molecule has 3 aromatic rings. The largest absolute Gasteiger partial charge is 0.322 e. The van der Waals surface area contributed by atoms with Gasteiger partial charge in [-0.25, -0.2) is 0 Å². The molecule has 1 aliphatic rings. The van der Waals surface area contributed by atoms with Crippen LogP contribution in [0, 0.1) is 10.1 Å². The third kappa shape index (κ3) is 4.05. The molecule has 0 aromatic heterocycles. The fourth-order valence-electron chi connectivity index (χ4n) is 3.54. The van der Waals surface area contributed by atoms with Gasteiger partial charge in [0.2, 0.25) is 5.91 Å². The third-order valence-corrected chi connectivity index (χ3v) is 5.04. The summed E-state index contributed by atoms with van der Waals surface area (Å²) in [6.45, 7) is 0.492. The summed E-state index contributed by atoms with van der Waals surface area (Å²) in [6.07, 6.45) is 1.00. The average Bonchev–Trinajstić information content (AvgIpc) is 2.76. The van der Waals surface area contributed by atoms with Crippen LogP contribution in [0.5, 0.6) is 0 Å². The highest BCUT2D eigenvalue weighted by atomic mass is 16.6. The van der Waals surface area contributed by atoms with Crippen molar-refractivity contribution in [3.05, 3.63) is 99.6 Å². The van der Waals surface area contributed by atoms with E-state index in [-0.39, 0.29) is 17.2 Å². The Labute approximate surface area is 173 Å². The molecule has 1 aliphatic heterocycles. The standard InChI is InChI=1S/C23H19N3O4/c27-22-12-9-17-13-19(24-23(28)18-7-4-8-20(14-18)26(29)30)10-11-21(17)25(22)15-16-5-2-1-3-6-16/h1-8,10-11,13-14H,9,12,15H2,(H,24,28). The molecule has 0 atom stereocenters. The van der Waals surface area contributed by atoms with Gasteiger partial charge in [-0.1, -0.05) is 36.4 Å². The number of fused-ring (bicyclic) bond motifs is 1. The summed E-state index contributed by atoms with van der Waals surface area (Å²) in [6, 6.07) is 20.8. The molecule has 0 aliphatic carbocycles. The Morgan fingerprint density at radius 2 is 1.80 bits per heavy atom. The normalized spacial score (nSPS) is 12.9. The van der Waals surface area contributed by atoms with Crippen molar-refractivity contribution in [1.29, 1.82) is 0 Å². The van der Waals surface area contributed by atoms with E-state index in [4.69, 9.17) is 0 Å². The van der Waals surface area contributed by atoms with Gasteiger partial charge in [0.05, 0.1) is 11.5 Å². The molecule has 30 heavy (non-hydrogen) atoms. The molecule has 7 nitrogen and oxygen atoms in total. The second-order valence-electron chi connectivity index (χ2n) is 7.07. The summed E-state index contributed by atoms with van der Waals surface area (Å²) in [5.74, 6) is -0.355. The molecule has 1 N–H and O–H groups in total. The van der Waals surface area contributed by atoms with Crippen LogP contribution < -0.4 is 10.2 Å². The zero-order chi connectivity index (χ0) is 21.1. The number of nitro benzene ring substituents is 1. The highest BCUT2D eigenvalue weighted by Gasteiger charge is 2.24. The predicted octanol–water partition coefficient (Wildman–Crippen LogP) is 4.33. The highest BCUT2D eigenvalue weighted by molar-refractivity contribution is 6.05. The van der Waals surface area contributed by atoms with Crippen LogP contribution in [0.2, 0.25) is 0 Å². The van der Waals surface area contributed by atoms with Gasteiger partial charge in [-0.3, -0.25) is 19.7 Å². The maximum absolute atomic E-state index is 12.5. The molecule has 0 fully saturated rings. The van der Waals surface area contributed by atoms with Crippen LogP contribution in [0.1, 0.15) is 27.9 Å². The van der Waals surface area contributed by atoms with Crippen LogP contribution in [0.15, 0.2) is 72.8 Å². The first-order chi connectivity index (χ1) is 14.5. The van der Waals surface area contributed by atoms with Gasteiger partial charge in [0.1, 0.15) is 0 Å². The SMILES string of the molecule is O=C(Nc1ccc2c(c1)CCC(=O)N2Cc1ccccc1)c1cccc([N+](=O)[O-])c1. The molecule has 4 rings (SSSR count). The monoisotopic (exact) mass is 401 g/mol. The van der Waals surface area contributed by atoms with Gasteiger partial charge in [0.15, 0.2) is 0 Å². The molecular weight excluding hydrogens is 382 g/mol. The topological polar surface area (TPSA) is 92.6 Å². The van der Waals surface area contributed by atoms with Crippen molar-refractivity contribution in [2.24, 2.45) is 0 Å². The fraction of sp³-hybridized carbons (Fsp3) is 0.130. The number of anilines is 2. The van der Waals surface area contributed by atoms with Crippen molar-refractivity contribution in [3.8, 4) is 0 Å². The second-order valence-corrected chi connectivity index (χ2v) is 7.07. The molecule has 0 bridgehead atoms. The summed E-state index contributed by atoms with van der Waals surface area (Å²) in [5.41, 5.74) is 3.51. The fourth-order valence-corrected chi connectivity index (χ4v) is 3.54. The molecule has 0 radical (unpaired) electrons. The summed E-state index contributed by atoms with van der Waals surface area (Å²) < 4.78 is 0. The van der Waals surface area contributed by atoms with Gasteiger partial charge >= 0.3 is 0 Å². The van der Waals surface area contributed by atoms with Crippen molar-refractivity contribution in [2.75, 3.05) is 10.2 Å². The number of non-ortho nitro benzene ring substituents is 1. The van der Waals surface area contributed by atoms with E-state index in [1.165, 1.54) is 24.3 Å². The summed E-state index contributed by atoms with van der Waals surface area (Å²) in [4.78, 5) is 37.2. The lowest BCUT2D eigenvalue weighted by Crippen LogP contribution is -2.34. The minimum atomic E-state index is -0.534. The van der Waals surface area contributed by atoms with E-state index in [9.17, 15) is 19.7 Å². The molecule has 7 heteroatoms. The van der Waals surface area contributed by atoms with E-state index in [1.54, 1.807) is 11.0 Å². The first kappa shape index (κ1) is 19.3. The summed E-state index contributed by atoms with van der Waals surface area (Å²) in [5, 5.41) is 13.7. The van der Waals surface area contributed by atoms with Crippen LogP contribution in [0.3, 0.4) is 0 Å². The van der Waals surface area contributed by atoms with Crippen LogP contribution >= 0.6 is 0 Å². The lowest BCUT2D eigenvalue weighted by atomic mass is 9.99. The molecule has 0 unspecified atom stereocenters. The van der Waals surface area contributed by atoms with Gasteiger partial charge < -0.3 is 10.2 Å². The predicted molar refractivity (Wildman–Crippen MR) is 113 cm³/mol. The number of carbonyl (C=O) groups is 2. The lowest BCUT2D eigenvalue weighted by Gasteiger charge is -2.30. The number of nitrogens with zero attached hydrogens (tertiary/aromatic N) is 2. The van der Waals surface area contributed by atoms with Gasteiger partial charge in [0.25, 0.3) is 11.6 Å². The van der Waals surface area contributed by atoms with Crippen molar-refractivity contribution in [2.45, 2.75) is 19.4 Å². The highest BCUT2D eigenvalue weighted by Crippen LogP contribution is 2.31. The smallest absolute Gasteiger partial charge is 0.270 e. The van der Waals surface area contributed by atoms with Crippen molar-refractivity contribution in [1.82, 2.24) is 0 Å². The Hall–Kier alpha value is -4.00. The molecule has 2 amide bonds. The van der Waals surface area contributed by atoms with Crippen LogP contribution in [0.4, 0.5) is 17.1 Å². The van der Waals surface area contributed by atoms with Gasteiger partial charge in [-0.05, 0) is 41.8 Å². The minimum absolute atomic E-state index is 0.0692. The minimum Gasteiger partial charge on any atom is -0.322 e. The number of aryl methyl sites for hydroxylation is 1. The quantitative estimate of drug-likeness (QED) is 0.509. The molecular formula is C23H19N3O4. The number of hydrogen-bond acceptors (Lipinski definition) is 4. The number of carbonyl (C=O) groups excluding carboxylic acids is 2. The number of nitro groups is 1. The maximum atomic E-state index is 12.5. The number of benzene rings is 3. The second kappa shape index (κ2) is 8.16. The Balaban J connectivity index is 1.55. The average molecular weight is 401 g/mol. The van der Waals surface area contributed by atoms with E-state index in [0.717, 1.165) is 16.8 Å². The maximum Gasteiger partial charge on any atom is 0.270 e. The number of hydrogen-bond donors (Lipinski definition) is 1. The number of amides is 2. The molecule has 0 saturated carbocycles. The summed E-state index contributed by atoms with van der Waals surface area (Å²) in [7, 11) is 0. The van der Waals surface area contributed by atoms with Crippen molar-refractivity contribution < 1.29 is 14.5 Å². The first-order valence-electron chi connectivity index (χ1n) is 9.54. The van der Waals surface area contributed by atoms with E-state index >= 15 is 0 Å². The number of nitrogens with one attached hydrogen (secondary N) is 1. The van der Waals surface area contributed by atoms with E-state index in [0.29, 0.717) is 25.1 Å².